The number of amides is 1. The SMILES string of the molecule is Cc1ccc2nc(N(/N=C/c3ccc([N+](=O)[O-])cc3)C(=O)c3ccc(C(C)(C)C)cc3)sc2c1. The number of carbonyl (C=O) groups is 1. The lowest BCUT2D eigenvalue weighted by atomic mass is 9.87. The van der Waals surface area contributed by atoms with Crippen molar-refractivity contribution in [1.29, 1.82) is 0 Å². The molecule has 0 saturated heterocycles. The second kappa shape index (κ2) is 9.15. The summed E-state index contributed by atoms with van der Waals surface area (Å²) in [6, 6.07) is 19.4. The average Bonchev–Trinajstić information content (AvgIpc) is 3.21. The fourth-order valence-electron chi connectivity index (χ4n) is 3.34. The van der Waals surface area contributed by atoms with Gasteiger partial charge in [0.05, 0.1) is 21.4 Å². The molecule has 0 radical (unpaired) electrons. The molecule has 1 heterocycles. The van der Waals surface area contributed by atoms with Crippen molar-refractivity contribution in [2.45, 2.75) is 33.1 Å². The monoisotopic (exact) mass is 472 g/mol. The minimum Gasteiger partial charge on any atom is -0.267 e. The summed E-state index contributed by atoms with van der Waals surface area (Å²) in [5, 5.41) is 17.1. The van der Waals surface area contributed by atoms with Crippen LogP contribution in [0.4, 0.5) is 10.8 Å². The first-order chi connectivity index (χ1) is 16.1. The first-order valence-electron chi connectivity index (χ1n) is 10.7. The van der Waals surface area contributed by atoms with Gasteiger partial charge in [-0.25, -0.2) is 4.98 Å². The standard InChI is InChI=1S/C26H24N4O3S/c1-17-5-14-22-23(15-17)34-25(28-22)29(27-16-18-6-12-21(13-7-18)30(32)33)24(31)19-8-10-20(11-9-19)26(2,3)4/h5-16H,1-4H3/b27-16+. The van der Waals surface area contributed by atoms with E-state index in [1.54, 1.807) is 24.3 Å². The van der Waals surface area contributed by atoms with Crippen molar-refractivity contribution in [3.8, 4) is 0 Å². The van der Waals surface area contributed by atoms with Crippen LogP contribution >= 0.6 is 11.3 Å². The number of rotatable bonds is 5. The molecule has 0 N–H and O–H groups in total. The van der Waals surface area contributed by atoms with Gasteiger partial charge in [-0.05, 0) is 65.4 Å². The Balaban J connectivity index is 1.72. The van der Waals surface area contributed by atoms with E-state index in [1.807, 2.05) is 37.3 Å². The topological polar surface area (TPSA) is 88.7 Å². The number of fused-ring (bicyclic) bond motifs is 1. The van der Waals surface area contributed by atoms with Crippen molar-refractivity contribution in [2.24, 2.45) is 5.10 Å². The van der Waals surface area contributed by atoms with E-state index < -0.39 is 4.92 Å². The van der Waals surface area contributed by atoms with Gasteiger partial charge in [0.15, 0.2) is 0 Å². The summed E-state index contributed by atoms with van der Waals surface area (Å²) in [6.07, 6.45) is 1.50. The third-order valence-corrected chi connectivity index (χ3v) is 6.32. The Hall–Kier alpha value is -3.91. The summed E-state index contributed by atoms with van der Waals surface area (Å²) < 4.78 is 0.960. The zero-order chi connectivity index (χ0) is 24.5. The molecular weight excluding hydrogens is 448 g/mol. The summed E-state index contributed by atoms with van der Waals surface area (Å²) >= 11 is 1.38. The number of aryl methyl sites for hydroxylation is 1. The van der Waals surface area contributed by atoms with Crippen LogP contribution in [0.1, 0.15) is 47.8 Å². The molecule has 0 aliphatic heterocycles. The van der Waals surface area contributed by atoms with Gasteiger partial charge < -0.3 is 0 Å². The van der Waals surface area contributed by atoms with E-state index in [4.69, 9.17) is 0 Å². The molecule has 4 rings (SSSR count). The predicted octanol–water partition coefficient (Wildman–Crippen LogP) is 6.49. The third kappa shape index (κ3) is 5.02. The number of hydrogen-bond acceptors (Lipinski definition) is 6. The Morgan fingerprint density at radius 3 is 2.35 bits per heavy atom. The molecule has 0 fully saturated rings. The quantitative estimate of drug-likeness (QED) is 0.189. The van der Waals surface area contributed by atoms with Gasteiger partial charge in [-0.2, -0.15) is 10.1 Å². The molecule has 172 valence electrons. The number of nitro groups is 1. The molecular formula is C26H24N4O3S. The largest absolute Gasteiger partial charge is 0.280 e. The Morgan fingerprint density at radius 2 is 1.74 bits per heavy atom. The van der Waals surface area contributed by atoms with Gasteiger partial charge in [0.25, 0.3) is 11.6 Å². The lowest BCUT2D eigenvalue weighted by molar-refractivity contribution is -0.384. The highest BCUT2D eigenvalue weighted by Crippen LogP contribution is 2.31. The van der Waals surface area contributed by atoms with Crippen LogP contribution in [0.2, 0.25) is 0 Å². The lowest BCUT2D eigenvalue weighted by Gasteiger charge is -2.19. The van der Waals surface area contributed by atoms with Crippen LogP contribution in [0.15, 0.2) is 71.8 Å². The van der Waals surface area contributed by atoms with Crippen molar-refractivity contribution >= 4 is 44.5 Å². The molecule has 1 aromatic heterocycles. The smallest absolute Gasteiger partial charge is 0.267 e. The maximum atomic E-state index is 13.5. The highest BCUT2D eigenvalue weighted by Gasteiger charge is 2.22. The van der Waals surface area contributed by atoms with Gasteiger partial charge >= 0.3 is 0 Å². The number of hydrazone groups is 1. The molecule has 4 aromatic rings. The van der Waals surface area contributed by atoms with Crippen LogP contribution in [-0.2, 0) is 5.41 Å². The summed E-state index contributed by atoms with van der Waals surface area (Å²) in [5.41, 5.74) is 4.10. The normalized spacial score (nSPS) is 11.8. The lowest BCUT2D eigenvalue weighted by Crippen LogP contribution is -2.25. The van der Waals surface area contributed by atoms with E-state index >= 15 is 0 Å². The van der Waals surface area contributed by atoms with Crippen molar-refractivity contribution < 1.29 is 9.72 Å². The van der Waals surface area contributed by atoms with Gasteiger partial charge in [0.1, 0.15) is 0 Å². The molecule has 0 aliphatic rings. The number of aromatic nitrogens is 1. The number of thiazole rings is 1. The minimum atomic E-state index is -0.457. The molecule has 7 nitrogen and oxygen atoms in total. The highest BCUT2D eigenvalue weighted by molar-refractivity contribution is 7.22. The van der Waals surface area contributed by atoms with Crippen molar-refractivity contribution in [1.82, 2.24) is 4.98 Å². The van der Waals surface area contributed by atoms with Gasteiger partial charge in [-0.3, -0.25) is 14.9 Å². The molecule has 0 spiro atoms. The van der Waals surface area contributed by atoms with Crippen LogP contribution in [-0.4, -0.2) is 22.0 Å². The number of nitro benzene ring substituents is 1. The van der Waals surface area contributed by atoms with Gasteiger partial charge in [0, 0.05) is 17.7 Å². The number of carbonyl (C=O) groups excluding carboxylic acids is 1. The number of anilines is 1. The number of benzene rings is 3. The number of non-ortho nitro benzene ring substituents is 1. The molecule has 0 unspecified atom stereocenters. The van der Waals surface area contributed by atoms with Crippen LogP contribution < -0.4 is 5.01 Å². The van der Waals surface area contributed by atoms with E-state index in [0.717, 1.165) is 21.3 Å². The van der Waals surface area contributed by atoms with E-state index in [1.165, 1.54) is 34.7 Å². The highest BCUT2D eigenvalue weighted by atomic mass is 32.1. The van der Waals surface area contributed by atoms with Crippen molar-refractivity contribution in [3.63, 3.8) is 0 Å². The Morgan fingerprint density at radius 1 is 1.06 bits per heavy atom. The van der Waals surface area contributed by atoms with E-state index in [9.17, 15) is 14.9 Å². The van der Waals surface area contributed by atoms with E-state index in [-0.39, 0.29) is 17.0 Å². The molecule has 0 bridgehead atoms. The van der Waals surface area contributed by atoms with Crippen LogP contribution in [0.25, 0.3) is 10.2 Å². The Kier molecular flexibility index (Phi) is 6.26. The zero-order valence-corrected chi connectivity index (χ0v) is 20.2. The Bertz CT molecular complexity index is 1380. The van der Waals surface area contributed by atoms with Gasteiger partial charge in [-0.15, -0.1) is 0 Å². The van der Waals surface area contributed by atoms with Crippen molar-refractivity contribution in [3.05, 3.63) is 99.1 Å². The predicted molar refractivity (Wildman–Crippen MR) is 137 cm³/mol. The van der Waals surface area contributed by atoms with Crippen LogP contribution in [0.5, 0.6) is 0 Å². The molecule has 1 amide bonds. The second-order valence-electron chi connectivity index (χ2n) is 9.01. The second-order valence-corrected chi connectivity index (χ2v) is 10.0. The number of nitrogens with zero attached hydrogens (tertiary/aromatic N) is 4. The molecule has 0 atom stereocenters. The average molecular weight is 473 g/mol. The van der Waals surface area contributed by atoms with Gasteiger partial charge in [-0.1, -0.05) is 50.3 Å². The fourth-order valence-corrected chi connectivity index (χ4v) is 4.36. The fraction of sp³-hybridized carbons (Fsp3) is 0.192. The maximum Gasteiger partial charge on any atom is 0.280 e. The summed E-state index contributed by atoms with van der Waals surface area (Å²) in [6.45, 7) is 8.36. The van der Waals surface area contributed by atoms with E-state index in [2.05, 4.69) is 30.9 Å². The maximum absolute atomic E-state index is 13.5. The van der Waals surface area contributed by atoms with Crippen LogP contribution in [0, 0.1) is 17.0 Å². The zero-order valence-electron chi connectivity index (χ0n) is 19.4. The minimum absolute atomic E-state index is 0.00874. The van der Waals surface area contributed by atoms with Crippen LogP contribution in [0.3, 0.4) is 0 Å². The summed E-state index contributed by atoms with van der Waals surface area (Å²) in [4.78, 5) is 28.6. The first-order valence-corrected chi connectivity index (χ1v) is 11.5. The molecule has 0 aliphatic carbocycles. The van der Waals surface area contributed by atoms with Gasteiger partial charge in [0.2, 0.25) is 5.13 Å². The summed E-state index contributed by atoms with van der Waals surface area (Å²) in [5.74, 6) is -0.311. The third-order valence-electron chi connectivity index (χ3n) is 5.33. The van der Waals surface area contributed by atoms with E-state index in [0.29, 0.717) is 16.3 Å². The molecule has 3 aromatic carbocycles. The molecule has 0 saturated carbocycles. The molecule has 8 heteroatoms. The first kappa shape index (κ1) is 23.3. The number of hydrogen-bond donors (Lipinski definition) is 0. The summed E-state index contributed by atoms with van der Waals surface area (Å²) in [7, 11) is 0. The van der Waals surface area contributed by atoms with Crippen molar-refractivity contribution in [2.75, 3.05) is 5.01 Å². The Labute approximate surface area is 201 Å². The molecule has 34 heavy (non-hydrogen) atoms.